The average Bonchev–Trinajstić information content (AvgIpc) is 2.73. The van der Waals surface area contributed by atoms with E-state index in [2.05, 4.69) is 22.8 Å². The summed E-state index contributed by atoms with van der Waals surface area (Å²) in [6.07, 6.45) is 1.88. The molecular weight excluding hydrogens is 230 g/mol. The molecule has 2 aromatic heterocycles. The summed E-state index contributed by atoms with van der Waals surface area (Å²) < 4.78 is 1.72. The first-order valence-corrected chi connectivity index (χ1v) is 5.76. The molecule has 0 N–H and O–H groups in total. The highest BCUT2D eigenvalue weighted by Crippen LogP contribution is 2.22. The molecule has 0 spiro atoms. The van der Waals surface area contributed by atoms with Crippen molar-refractivity contribution >= 4 is 23.8 Å². The SMILES string of the molecule is Cc1nc(-c2ccccc2)nc2c1ccn2S. The zero-order valence-corrected chi connectivity index (χ0v) is 10.2. The summed E-state index contributed by atoms with van der Waals surface area (Å²) in [6, 6.07) is 11.9. The molecule has 0 fully saturated rings. The standard InChI is InChI=1S/C13H11N3S/c1-9-11-7-8-16(17)13(11)15-12(14-9)10-5-3-2-4-6-10/h2-8,17H,1H3. The predicted molar refractivity (Wildman–Crippen MR) is 72.1 cm³/mol. The van der Waals surface area contributed by atoms with Gasteiger partial charge in [0.05, 0.1) is 5.69 Å². The van der Waals surface area contributed by atoms with Gasteiger partial charge in [0.15, 0.2) is 11.5 Å². The normalized spacial score (nSPS) is 10.9. The van der Waals surface area contributed by atoms with Crippen molar-refractivity contribution in [2.45, 2.75) is 6.92 Å². The van der Waals surface area contributed by atoms with Gasteiger partial charge in [-0.15, -0.1) is 0 Å². The fourth-order valence-corrected chi connectivity index (χ4v) is 2.09. The number of aromatic nitrogens is 3. The fourth-order valence-electron chi connectivity index (χ4n) is 1.87. The third-order valence-corrected chi connectivity index (χ3v) is 3.07. The van der Waals surface area contributed by atoms with Gasteiger partial charge in [0.2, 0.25) is 0 Å². The number of aryl methyl sites for hydroxylation is 1. The molecule has 0 aliphatic heterocycles. The number of hydrogen-bond donors (Lipinski definition) is 1. The number of nitrogens with zero attached hydrogens (tertiary/aromatic N) is 3. The topological polar surface area (TPSA) is 30.7 Å². The van der Waals surface area contributed by atoms with Crippen LogP contribution in [0.25, 0.3) is 22.4 Å². The average molecular weight is 241 g/mol. The van der Waals surface area contributed by atoms with Crippen molar-refractivity contribution in [3.63, 3.8) is 0 Å². The second-order valence-electron chi connectivity index (χ2n) is 3.90. The Morgan fingerprint density at radius 1 is 1.06 bits per heavy atom. The van der Waals surface area contributed by atoms with E-state index in [1.165, 1.54) is 0 Å². The van der Waals surface area contributed by atoms with Crippen LogP contribution >= 0.6 is 12.8 Å². The van der Waals surface area contributed by atoms with E-state index in [0.717, 1.165) is 28.1 Å². The van der Waals surface area contributed by atoms with Crippen molar-refractivity contribution in [2.24, 2.45) is 0 Å². The molecule has 0 saturated carbocycles. The van der Waals surface area contributed by atoms with E-state index in [9.17, 15) is 0 Å². The van der Waals surface area contributed by atoms with Crippen molar-refractivity contribution in [1.82, 2.24) is 13.9 Å². The minimum atomic E-state index is 0.740. The lowest BCUT2D eigenvalue weighted by Crippen LogP contribution is -1.94. The molecule has 1 aromatic carbocycles. The molecule has 0 unspecified atom stereocenters. The molecule has 17 heavy (non-hydrogen) atoms. The summed E-state index contributed by atoms with van der Waals surface area (Å²) in [5, 5.41) is 1.04. The van der Waals surface area contributed by atoms with Crippen LogP contribution in [0.4, 0.5) is 0 Å². The van der Waals surface area contributed by atoms with E-state index in [-0.39, 0.29) is 0 Å². The Balaban J connectivity index is 2.28. The molecule has 0 aliphatic carbocycles. The van der Waals surface area contributed by atoms with Crippen molar-refractivity contribution in [3.05, 3.63) is 48.3 Å². The minimum Gasteiger partial charge on any atom is -0.278 e. The monoisotopic (exact) mass is 241 g/mol. The highest BCUT2D eigenvalue weighted by molar-refractivity contribution is 7.78. The maximum absolute atomic E-state index is 4.54. The highest BCUT2D eigenvalue weighted by atomic mass is 32.1. The summed E-state index contributed by atoms with van der Waals surface area (Å²) in [5.41, 5.74) is 2.84. The lowest BCUT2D eigenvalue weighted by molar-refractivity contribution is 1.14. The van der Waals surface area contributed by atoms with Crippen molar-refractivity contribution in [2.75, 3.05) is 0 Å². The molecule has 0 amide bonds. The molecule has 0 radical (unpaired) electrons. The van der Waals surface area contributed by atoms with E-state index in [1.54, 1.807) is 3.97 Å². The number of thiol groups is 1. The van der Waals surface area contributed by atoms with Gasteiger partial charge in [-0.1, -0.05) is 43.1 Å². The molecule has 4 heteroatoms. The quantitative estimate of drug-likeness (QED) is 0.664. The van der Waals surface area contributed by atoms with Crippen LogP contribution in [-0.2, 0) is 0 Å². The van der Waals surface area contributed by atoms with Gasteiger partial charge in [-0.2, -0.15) is 0 Å². The van der Waals surface area contributed by atoms with Crippen LogP contribution in [0.2, 0.25) is 0 Å². The summed E-state index contributed by atoms with van der Waals surface area (Å²) in [4.78, 5) is 9.07. The molecular formula is C13H11N3S. The van der Waals surface area contributed by atoms with E-state index >= 15 is 0 Å². The number of hydrogen-bond acceptors (Lipinski definition) is 3. The fraction of sp³-hybridized carbons (Fsp3) is 0.0769. The summed E-state index contributed by atoms with van der Waals surface area (Å²) in [7, 11) is 0. The molecule has 0 aliphatic rings. The van der Waals surface area contributed by atoms with E-state index < -0.39 is 0 Å². The zero-order valence-electron chi connectivity index (χ0n) is 9.33. The zero-order chi connectivity index (χ0) is 11.8. The van der Waals surface area contributed by atoms with Crippen LogP contribution in [0.15, 0.2) is 42.6 Å². The lowest BCUT2D eigenvalue weighted by Gasteiger charge is -2.03. The molecule has 3 nitrogen and oxygen atoms in total. The van der Waals surface area contributed by atoms with E-state index in [1.807, 2.05) is 49.5 Å². The van der Waals surface area contributed by atoms with Gasteiger partial charge in [-0.25, -0.2) is 9.97 Å². The molecule has 0 atom stereocenters. The molecule has 2 heterocycles. The van der Waals surface area contributed by atoms with Gasteiger partial charge in [-0.3, -0.25) is 3.97 Å². The van der Waals surface area contributed by atoms with Gasteiger partial charge >= 0.3 is 0 Å². The second-order valence-corrected chi connectivity index (χ2v) is 4.33. The van der Waals surface area contributed by atoms with Gasteiger partial charge in [0, 0.05) is 17.1 Å². The summed E-state index contributed by atoms with van der Waals surface area (Å²) >= 11 is 4.33. The Labute approximate surface area is 105 Å². The molecule has 3 rings (SSSR count). The predicted octanol–water partition coefficient (Wildman–Crippen LogP) is 3.10. The third kappa shape index (κ3) is 1.70. The molecule has 0 bridgehead atoms. The van der Waals surface area contributed by atoms with E-state index in [0.29, 0.717) is 0 Å². The Bertz CT molecular complexity index is 674. The van der Waals surface area contributed by atoms with Crippen LogP contribution in [0.3, 0.4) is 0 Å². The smallest absolute Gasteiger partial charge is 0.161 e. The minimum absolute atomic E-state index is 0.740. The van der Waals surface area contributed by atoms with Crippen LogP contribution in [0, 0.1) is 6.92 Å². The van der Waals surface area contributed by atoms with Crippen molar-refractivity contribution in [1.29, 1.82) is 0 Å². The first-order valence-electron chi connectivity index (χ1n) is 5.36. The maximum atomic E-state index is 4.54. The molecule has 84 valence electrons. The van der Waals surface area contributed by atoms with Gasteiger partial charge in [0.1, 0.15) is 0 Å². The molecule has 0 saturated heterocycles. The highest BCUT2D eigenvalue weighted by Gasteiger charge is 2.08. The Morgan fingerprint density at radius 3 is 2.59 bits per heavy atom. The number of fused-ring (bicyclic) bond motifs is 1. The van der Waals surface area contributed by atoms with E-state index in [4.69, 9.17) is 0 Å². The van der Waals surface area contributed by atoms with Crippen LogP contribution in [0.5, 0.6) is 0 Å². The largest absolute Gasteiger partial charge is 0.278 e. The van der Waals surface area contributed by atoms with Crippen molar-refractivity contribution in [3.8, 4) is 11.4 Å². The van der Waals surface area contributed by atoms with Crippen molar-refractivity contribution < 1.29 is 0 Å². The third-order valence-electron chi connectivity index (χ3n) is 2.75. The first-order chi connectivity index (χ1) is 8.25. The Hall–Kier alpha value is -1.81. The van der Waals surface area contributed by atoms with Gasteiger partial charge in [-0.05, 0) is 13.0 Å². The van der Waals surface area contributed by atoms with Gasteiger partial charge in [0.25, 0.3) is 0 Å². The number of rotatable bonds is 1. The second kappa shape index (κ2) is 3.89. The lowest BCUT2D eigenvalue weighted by atomic mass is 10.2. The Morgan fingerprint density at radius 2 is 1.82 bits per heavy atom. The first kappa shape index (κ1) is 10.4. The number of benzene rings is 1. The summed E-state index contributed by atoms with van der Waals surface area (Å²) in [5.74, 6) is 0.740. The maximum Gasteiger partial charge on any atom is 0.161 e. The van der Waals surface area contributed by atoms with Gasteiger partial charge < -0.3 is 0 Å². The van der Waals surface area contributed by atoms with Crippen LogP contribution in [-0.4, -0.2) is 13.9 Å². The van der Waals surface area contributed by atoms with Crippen LogP contribution in [0.1, 0.15) is 5.69 Å². The molecule has 3 aromatic rings. The summed E-state index contributed by atoms with van der Waals surface area (Å²) in [6.45, 7) is 1.99. The van der Waals surface area contributed by atoms with Crippen LogP contribution < -0.4 is 0 Å². The Kier molecular flexibility index (Phi) is 2.37.